The van der Waals surface area contributed by atoms with Gasteiger partial charge in [0.15, 0.2) is 5.69 Å². The van der Waals surface area contributed by atoms with Gasteiger partial charge in [-0.2, -0.15) is 13.2 Å². The highest BCUT2D eigenvalue weighted by molar-refractivity contribution is 6.75. The Morgan fingerprint density at radius 1 is 1.11 bits per heavy atom. The summed E-state index contributed by atoms with van der Waals surface area (Å²) < 4.78 is 34.4. The molecule has 0 saturated heterocycles. The molecule has 11 heteroatoms. The third-order valence-corrected chi connectivity index (χ3v) is 4.31. The number of aromatic nitrogens is 3. The van der Waals surface area contributed by atoms with E-state index in [4.69, 9.17) is 58.0 Å². The largest absolute Gasteiger partial charge is 0.435 e. The second-order valence-electron chi connectivity index (χ2n) is 3.17. The monoisotopic (exact) mass is 363 g/mol. The zero-order chi connectivity index (χ0) is 14.4. The molecular formula is C7H5Cl5F3N3. The molecule has 0 aliphatic carbocycles. The first-order valence-corrected chi connectivity index (χ1v) is 6.27. The van der Waals surface area contributed by atoms with Crippen molar-refractivity contribution in [3.8, 4) is 0 Å². The molecule has 0 amide bonds. The topological polar surface area (TPSA) is 30.7 Å². The van der Waals surface area contributed by atoms with E-state index in [1.165, 1.54) is 6.92 Å². The summed E-state index contributed by atoms with van der Waals surface area (Å²) >= 11 is 27.7. The van der Waals surface area contributed by atoms with Crippen molar-refractivity contribution in [1.29, 1.82) is 0 Å². The number of hydrogen-bond donors (Lipinski definition) is 0. The van der Waals surface area contributed by atoms with Crippen molar-refractivity contribution in [2.24, 2.45) is 0 Å². The average molecular weight is 365 g/mol. The first-order valence-electron chi connectivity index (χ1n) is 4.38. The van der Waals surface area contributed by atoms with E-state index >= 15 is 0 Å². The minimum Gasteiger partial charge on any atom is -0.240 e. The van der Waals surface area contributed by atoms with Crippen molar-refractivity contribution in [3.63, 3.8) is 0 Å². The number of aryl methyl sites for hydroxylation is 1. The molecule has 0 fully saturated rings. The van der Waals surface area contributed by atoms with E-state index in [1.807, 2.05) is 0 Å². The maximum atomic E-state index is 12.9. The molecule has 104 valence electrons. The summed E-state index contributed by atoms with van der Waals surface area (Å²) in [6.07, 6.45) is -4.78. The van der Waals surface area contributed by atoms with Crippen molar-refractivity contribution in [2.45, 2.75) is 27.8 Å². The molecule has 3 nitrogen and oxygen atoms in total. The minimum absolute atomic E-state index is 0.0917. The van der Waals surface area contributed by atoms with Crippen LogP contribution in [0.2, 0.25) is 0 Å². The summed E-state index contributed by atoms with van der Waals surface area (Å²) in [6.45, 7) is 1.35. The molecule has 0 atom stereocenters. The normalized spacial score (nSPS) is 14.1. The lowest BCUT2D eigenvalue weighted by molar-refractivity contribution is -0.144. The van der Waals surface area contributed by atoms with Crippen LogP contribution >= 0.6 is 58.0 Å². The van der Waals surface area contributed by atoms with Crippen molar-refractivity contribution >= 4 is 58.0 Å². The zero-order valence-electron chi connectivity index (χ0n) is 8.57. The van der Waals surface area contributed by atoms with E-state index in [-0.39, 0.29) is 6.54 Å². The van der Waals surface area contributed by atoms with Gasteiger partial charge in [-0.3, -0.25) is 0 Å². The van der Waals surface area contributed by atoms with Crippen LogP contribution in [-0.4, -0.2) is 18.8 Å². The first kappa shape index (κ1) is 16.4. The second kappa shape index (κ2) is 5.05. The molecule has 0 radical (unpaired) electrons. The van der Waals surface area contributed by atoms with Crippen LogP contribution in [0.25, 0.3) is 0 Å². The van der Waals surface area contributed by atoms with Crippen molar-refractivity contribution in [1.82, 2.24) is 15.0 Å². The van der Waals surface area contributed by atoms with Gasteiger partial charge in [0.25, 0.3) is 0 Å². The quantitative estimate of drug-likeness (QED) is 0.731. The number of halogens is 8. The van der Waals surface area contributed by atoms with Crippen LogP contribution in [-0.2, 0) is 17.1 Å². The Morgan fingerprint density at radius 3 is 1.94 bits per heavy atom. The van der Waals surface area contributed by atoms with Gasteiger partial charge in [0.05, 0.1) is 0 Å². The molecular weight excluding hydrogens is 360 g/mol. The number of nitrogens with zero attached hydrogens (tertiary/aromatic N) is 3. The van der Waals surface area contributed by atoms with Crippen molar-refractivity contribution < 1.29 is 13.2 Å². The predicted octanol–water partition coefficient (Wildman–Crippen LogP) is 4.32. The van der Waals surface area contributed by atoms with Crippen LogP contribution in [0.1, 0.15) is 18.3 Å². The van der Waals surface area contributed by atoms with Crippen LogP contribution in [0.5, 0.6) is 0 Å². The van der Waals surface area contributed by atoms with Crippen LogP contribution in [0.4, 0.5) is 13.2 Å². The standard InChI is InChI=1S/C7H5Cl5F3N3/c1-2-18-4(6(13,14)15)3(16-17-18)5(8,9)7(10,11)12/h2H2,1H3. The first-order chi connectivity index (χ1) is 7.93. The van der Waals surface area contributed by atoms with Gasteiger partial charge in [0.2, 0.25) is 8.13 Å². The molecule has 1 aromatic rings. The SMILES string of the molecule is CCn1nnc(C(Cl)(Cl)C(Cl)(Cl)Cl)c1C(F)(F)F. The molecule has 0 saturated carbocycles. The fraction of sp³-hybridized carbons (Fsp3) is 0.714. The Labute approximate surface area is 125 Å². The van der Waals surface area contributed by atoms with Gasteiger partial charge in [-0.25, -0.2) is 4.68 Å². The molecule has 18 heavy (non-hydrogen) atoms. The molecule has 0 spiro atoms. The summed E-state index contributed by atoms with van der Waals surface area (Å²) in [5.74, 6) is 0. The Hall–Kier alpha value is 0.380. The average Bonchev–Trinajstić information content (AvgIpc) is 2.58. The van der Waals surface area contributed by atoms with Crippen LogP contribution in [0.3, 0.4) is 0 Å². The van der Waals surface area contributed by atoms with Crippen molar-refractivity contribution in [2.75, 3.05) is 0 Å². The molecule has 0 N–H and O–H groups in total. The van der Waals surface area contributed by atoms with E-state index in [0.717, 1.165) is 0 Å². The van der Waals surface area contributed by atoms with Gasteiger partial charge in [-0.1, -0.05) is 63.2 Å². The maximum Gasteiger partial charge on any atom is 0.435 e. The Balaban J connectivity index is 3.48. The van der Waals surface area contributed by atoms with Gasteiger partial charge in [-0.05, 0) is 6.92 Å². The molecule has 0 aromatic carbocycles. The third kappa shape index (κ3) is 2.93. The molecule has 0 bridgehead atoms. The zero-order valence-corrected chi connectivity index (χ0v) is 12.4. The van der Waals surface area contributed by atoms with Crippen LogP contribution < -0.4 is 0 Å². The van der Waals surface area contributed by atoms with Gasteiger partial charge in [0, 0.05) is 6.54 Å². The molecule has 0 aliphatic heterocycles. The number of hydrogen-bond acceptors (Lipinski definition) is 2. The molecule has 1 aromatic heterocycles. The van der Waals surface area contributed by atoms with E-state index in [2.05, 4.69) is 10.3 Å². The van der Waals surface area contributed by atoms with Gasteiger partial charge in [-0.15, -0.1) is 5.10 Å². The van der Waals surface area contributed by atoms with Gasteiger partial charge < -0.3 is 0 Å². The smallest absolute Gasteiger partial charge is 0.240 e. The summed E-state index contributed by atoms with van der Waals surface area (Å²) in [6, 6.07) is 0. The summed E-state index contributed by atoms with van der Waals surface area (Å²) in [4.78, 5) is 0. The Kier molecular flexibility index (Phi) is 4.61. The summed E-state index contributed by atoms with van der Waals surface area (Å²) in [7, 11) is 0. The number of rotatable bonds is 2. The highest BCUT2D eigenvalue weighted by atomic mass is 35.6. The number of alkyl halides is 8. The minimum atomic E-state index is -4.78. The molecule has 1 heterocycles. The fourth-order valence-electron chi connectivity index (χ4n) is 1.16. The van der Waals surface area contributed by atoms with Crippen LogP contribution in [0.15, 0.2) is 0 Å². The fourth-order valence-corrected chi connectivity index (χ4v) is 1.68. The van der Waals surface area contributed by atoms with E-state index in [1.54, 1.807) is 0 Å². The Bertz CT molecular complexity index is 437. The Morgan fingerprint density at radius 2 is 1.61 bits per heavy atom. The maximum absolute atomic E-state index is 12.9. The molecule has 1 rings (SSSR count). The van der Waals surface area contributed by atoms with Gasteiger partial charge in [0.1, 0.15) is 5.69 Å². The summed E-state index contributed by atoms with van der Waals surface area (Å²) in [5, 5.41) is 6.55. The van der Waals surface area contributed by atoms with Crippen molar-refractivity contribution in [3.05, 3.63) is 11.4 Å². The molecule has 0 aliphatic rings. The lowest BCUT2D eigenvalue weighted by Crippen LogP contribution is -2.32. The van der Waals surface area contributed by atoms with Crippen LogP contribution in [0, 0.1) is 0 Å². The van der Waals surface area contributed by atoms with E-state index in [0.29, 0.717) is 4.68 Å². The second-order valence-corrected chi connectivity index (χ2v) is 6.78. The predicted molar refractivity (Wildman–Crippen MR) is 64.4 cm³/mol. The lowest BCUT2D eigenvalue weighted by atomic mass is 10.2. The van der Waals surface area contributed by atoms with E-state index < -0.39 is 25.7 Å². The highest BCUT2D eigenvalue weighted by Gasteiger charge is 2.55. The van der Waals surface area contributed by atoms with E-state index in [9.17, 15) is 13.2 Å². The molecule has 0 unspecified atom stereocenters. The summed E-state index contributed by atoms with van der Waals surface area (Å²) in [5.41, 5.74) is -2.10. The lowest BCUT2D eigenvalue weighted by Gasteiger charge is -2.26. The third-order valence-electron chi connectivity index (χ3n) is 1.96. The highest BCUT2D eigenvalue weighted by Crippen LogP contribution is 2.54. The van der Waals surface area contributed by atoms with Gasteiger partial charge >= 0.3 is 6.18 Å².